The third kappa shape index (κ3) is 2.68. The molecule has 5 rings (SSSR count). The summed E-state index contributed by atoms with van der Waals surface area (Å²) in [5, 5.41) is 12.0. The topological polar surface area (TPSA) is 65.6 Å². The van der Waals surface area contributed by atoms with Gasteiger partial charge >= 0.3 is 5.97 Å². The Kier molecular flexibility index (Phi) is 4.33. The number of alkyl halides is 1. The standard InChI is InChI=1S/C21H25BrN2O3/c1-27-21(26)19-13-8-17-20-12(11-4-2-3-5-16(11)23-20)6-7-24(17)10-14(13)15(22)9-18(19)25/h2-5,13-15,17-19,23,25H,6-10H2,1H3/t13?,14?,15?,17?,18?,19-/m1/s1. The maximum absolute atomic E-state index is 12.5. The van der Waals surface area contributed by atoms with Crippen molar-refractivity contribution in [3.8, 4) is 0 Å². The highest BCUT2D eigenvalue weighted by molar-refractivity contribution is 9.09. The van der Waals surface area contributed by atoms with Crippen LogP contribution in [0.25, 0.3) is 10.9 Å². The Morgan fingerprint density at radius 3 is 2.93 bits per heavy atom. The molecule has 6 atom stereocenters. The van der Waals surface area contributed by atoms with Crippen LogP contribution in [0.1, 0.15) is 30.1 Å². The van der Waals surface area contributed by atoms with Gasteiger partial charge in [-0.25, -0.2) is 0 Å². The molecular formula is C21H25BrN2O3. The number of hydrogen-bond acceptors (Lipinski definition) is 4. The van der Waals surface area contributed by atoms with Crippen molar-refractivity contribution >= 4 is 32.8 Å². The zero-order valence-corrected chi connectivity index (χ0v) is 17.0. The highest BCUT2D eigenvalue weighted by Gasteiger charge is 2.52. The van der Waals surface area contributed by atoms with Crippen molar-refractivity contribution in [3.63, 3.8) is 0 Å². The summed E-state index contributed by atoms with van der Waals surface area (Å²) in [6.07, 6.45) is 1.91. The monoisotopic (exact) mass is 432 g/mol. The zero-order valence-electron chi connectivity index (χ0n) is 15.4. The second kappa shape index (κ2) is 6.61. The van der Waals surface area contributed by atoms with Crippen LogP contribution in [0.15, 0.2) is 24.3 Å². The van der Waals surface area contributed by atoms with Gasteiger partial charge in [0.25, 0.3) is 0 Å². The number of aliphatic hydroxyl groups is 1. The molecule has 1 aliphatic carbocycles. The molecule has 2 aromatic rings. The van der Waals surface area contributed by atoms with Gasteiger partial charge in [-0.05, 0) is 42.7 Å². The number of hydrogen-bond donors (Lipinski definition) is 2. The van der Waals surface area contributed by atoms with Crippen molar-refractivity contribution < 1.29 is 14.6 Å². The minimum absolute atomic E-state index is 0.129. The SMILES string of the molecule is COC(=O)[C@H]1C(O)CC(Br)C2CN3CCc4c([nH]c5ccccc45)C3CC21. The molecule has 27 heavy (non-hydrogen) atoms. The van der Waals surface area contributed by atoms with Gasteiger partial charge in [-0.2, -0.15) is 0 Å². The number of carbonyl (C=O) groups is 1. The Balaban J connectivity index is 1.54. The van der Waals surface area contributed by atoms with Crippen LogP contribution >= 0.6 is 15.9 Å². The Labute approximate surface area is 167 Å². The molecule has 6 heteroatoms. The average Bonchev–Trinajstić information content (AvgIpc) is 3.06. The molecule has 0 amide bonds. The molecule has 1 aromatic heterocycles. The summed E-state index contributed by atoms with van der Waals surface area (Å²) < 4.78 is 5.06. The van der Waals surface area contributed by atoms with E-state index >= 15 is 0 Å². The largest absolute Gasteiger partial charge is 0.469 e. The van der Waals surface area contributed by atoms with Crippen molar-refractivity contribution in [2.75, 3.05) is 20.2 Å². The molecule has 0 spiro atoms. The highest BCUT2D eigenvalue weighted by Crippen LogP contribution is 2.50. The van der Waals surface area contributed by atoms with Gasteiger partial charge in [-0.3, -0.25) is 9.69 Å². The highest BCUT2D eigenvalue weighted by atomic mass is 79.9. The summed E-state index contributed by atoms with van der Waals surface area (Å²) in [5.74, 6) is -0.201. The predicted molar refractivity (Wildman–Crippen MR) is 107 cm³/mol. The summed E-state index contributed by atoms with van der Waals surface area (Å²) in [5.41, 5.74) is 3.92. The Hall–Kier alpha value is -1.37. The number of aliphatic hydroxyl groups excluding tert-OH is 1. The number of nitrogens with zero attached hydrogens (tertiary/aromatic N) is 1. The van der Waals surface area contributed by atoms with Gasteiger partial charge in [0, 0.05) is 34.5 Å². The van der Waals surface area contributed by atoms with E-state index in [1.807, 2.05) is 0 Å². The number of fused-ring (bicyclic) bond motifs is 6. The van der Waals surface area contributed by atoms with Crippen LogP contribution in [0.3, 0.4) is 0 Å². The molecule has 0 radical (unpaired) electrons. The molecule has 5 nitrogen and oxygen atoms in total. The molecular weight excluding hydrogens is 408 g/mol. The van der Waals surface area contributed by atoms with Crippen molar-refractivity contribution in [3.05, 3.63) is 35.5 Å². The summed E-state index contributed by atoms with van der Waals surface area (Å²) in [4.78, 5) is 18.9. The first-order valence-corrected chi connectivity index (χ1v) is 10.7. The number of nitrogens with one attached hydrogen (secondary N) is 1. The Bertz CT molecular complexity index is 881. The number of halogens is 1. The number of ether oxygens (including phenoxy) is 1. The number of esters is 1. The molecule has 3 aliphatic rings. The molecule has 1 saturated heterocycles. The smallest absolute Gasteiger partial charge is 0.311 e. The van der Waals surface area contributed by atoms with Crippen molar-refractivity contribution in [2.24, 2.45) is 17.8 Å². The molecule has 2 aliphatic heterocycles. The molecule has 3 heterocycles. The molecule has 144 valence electrons. The summed E-state index contributed by atoms with van der Waals surface area (Å²) in [6, 6.07) is 8.78. The first kappa shape index (κ1) is 17.7. The molecule has 1 saturated carbocycles. The third-order valence-electron chi connectivity index (χ3n) is 7.04. The second-order valence-corrected chi connectivity index (χ2v) is 9.43. The fourth-order valence-corrected chi connectivity index (χ4v) is 6.74. The lowest BCUT2D eigenvalue weighted by atomic mass is 9.65. The van der Waals surface area contributed by atoms with Crippen LogP contribution < -0.4 is 0 Å². The van der Waals surface area contributed by atoms with Gasteiger partial charge in [0.05, 0.1) is 25.2 Å². The van der Waals surface area contributed by atoms with Gasteiger partial charge in [0.2, 0.25) is 0 Å². The van der Waals surface area contributed by atoms with Crippen LogP contribution in [0.2, 0.25) is 0 Å². The quantitative estimate of drug-likeness (QED) is 0.536. The zero-order chi connectivity index (χ0) is 18.7. The fraction of sp³-hybridized carbons (Fsp3) is 0.571. The molecule has 1 aromatic carbocycles. The van der Waals surface area contributed by atoms with Crippen LogP contribution in [0, 0.1) is 17.8 Å². The van der Waals surface area contributed by atoms with Gasteiger partial charge in [0.1, 0.15) is 0 Å². The van der Waals surface area contributed by atoms with Crippen LogP contribution in [0.5, 0.6) is 0 Å². The number of rotatable bonds is 1. The van der Waals surface area contributed by atoms with Gasteiger partial charge < -0.3 is 14.8 Å². The van der Waals surface area contributed by atoms with E-state index in [0.29, 0.717) is 12.3 Å². The van der Waals surface area contributed by atoms with E-state index < -0.39 is 12.0 Å². The number of H-pyrrole nitrogens is 1. The Morgan fingerprint density at radius 2 is 2.11 bits per heavy atom. The van der Waals surface area contributed by atoms with Gasteiger partial charge in [0.15, 0.2) is 0 Å². The Morgan fingerprint density at radius 1 is 1.30 bits per heavy atom. The van der Waals surface area contributed by atoms with E-state index in [9.17, 15) is 9.90 Å². The van der Waals surface area contributed by atoms with Crippen LogP contribution in [-0.2, 0) is 16.0 Å². The predicted octanol–water partition coefficient (Wildman–Crippen LogP) is 3.02. The maximum Gasteiger partial charge on any atom is 0.311 e. The van der Waals surface area contributed by atoms with Crippen molar-refractivity contribution in [1.82, 2.24) is 9.88 Å². The first-order chi connectivity index (χ1) is 13.1. The number of para-hydroxylation sites is 1. The van der Waals surface area contributed by atoms with E-state index in [2.05, 4.69) is 50.1 Å². The van der Waals surface area contributed by atoms with Gasteiger partial charge in [-0.1, -0.05) is 34.1 Å². The maximum atomic E-state index is 12.5. The lowest BCUT2D eigenvalue weighted by molar-refractivity contribution is -0.159. The lowest BCUT2D eigenvalue weighted by Gasteiger charge is -2.52. The normalized spacial score (nSPS) is 36.0. The van der Waals surface area contributed by atoms with Gasteiger partial charge in [-0.15, -0.1) is 0 Å². The first-order valence-electron chi connectivity index (χ1n) is 9.82. The number of methoxy groups -OCH3 is 1. The molecule has 2 fully saturated rings. The number of piperidine rings is 1. The number of benzene rings is 1. The van der Waals surface area contributed by atoms with Crippen LogP contribution in [0.4, 0.5) is 0 Å². The minimum Gasteiger partial charge on any atom is -0.469 e. The minimum atomic E-state index is -0.639. The van der Waals surface area contributed by atoms with E-state index in [-0.39, 0.29) is 22.8 Å². The summed E-state index contributed by atoms with van der Waals surface area (Å²) >= 11 is 3.80. The van der Waals surface area contributed by atoms with Crippen LogP contribution in [-0.4, -0.2) is 52.1 Å². The fourth-order valence-electron chi connectivity index (χ4n) is 5.79. The number of aromatic nitrogens is 1. The van der Waals surface area contributed by atoms with Crippen molar-refractivity contribution in [1.29, 1.82) is 0 Å². The van der Waals surface area contributed by atoms with E-state index in [4.69, 9.17) is 4.74 Å². The number of carbonyl (C=O) groups excluding carboxylic acids is 1. The molecule has 5 unspecified atom stereocenters. The van der Waals surface area contributed by atoms with E-state index in [1.165, 1.54) is 29.3 Å². The lowest BCUT2D eigenvalue weighted by Crippen LogP contribution is -2.56. The van der Waals surface area contributed by atoms with Crippen molar-refractivity contribution in [2.45, 2.75) is 36.2 Å². The van der Waals surface area contributed by atoms with E-state index in [0.717, 1.165) is 25.9 Å². The number of aromatic amines is 1. The summed E-state index contributed by atoms with van der Waals surface area (Å²) in [6.45, 7) is 2.01. The third-order valence-corrected chi connectivity index (χ3v) is 8.09. The molecule has 2 N–H and O–H groups in total. The second-order valence-electron chi connectivity index (χ2n) is 8.25. The average molecular weight is 433 g/mol. The summed E-state index contributed by atoms with van der Waals surface area (Å²) in [7, 11) is 1.43. The molecule has 0 bridgehead atoms. The van der Waals surface area contributed by atoms with E-state index in [1.54, 1.807) is 0 Å².